The molecule has 1 aliphatic heterocycles. The largest absolute Gasteiger partial charge is 0.356 e. The highest BCUT2D eigenvalue weighted by molar-refractivity contribution is 7.99. The van der Waals surface area contributed by atoms with Gasteiger partial charge in [0.25, 0.3) is 0 Å². The average Bonchev–Trinajstić information content (AvgIpc) is 2.74. The number of amides is 1. The Hall–Kier alpha value is -1.90. The number of carbonyl (C=O) groups excluding carboxylic acids is 1. The molecule has 1 amide bonds. The molecule has 0 aromatic heterocycles. The van der Waals surface area contributed by atoms with Crippen molar-refractivity contribution in [3.8, 4) is 0 Å². The summed E-state index contributed by atoms with van der Waals surface area (Å²) in [7, 11) is -3.72. The van der Waals surface area contributed by atoms with Gasteiger partial charge in [-0.1, -0.05) is 18.2 Å². The number of piperidine rings is 1. The van der Waals surface area contributed by atoms with Crippen LogP contribution in [0.4, 0.5) is 4.39 Å². The number of halogens is 1. The number of thioether (sulfide) groups is 1. The van der Waals surface area contributed by atoms with Crippen LogP contribution >= 0.6 is 11.8 Å². The van der Waals surface area contributed by atoms with Gasteiger partial charge in [-0.25, -0.2) is 12.8 Å². The molecule has 1 saturated heterocycles. The molecule has 0 bridgehead atoms. The number of rotatable bonds is 8. The van der Waals surface area contributed by atoms with Gasteiger partial charge in [0, 0.05) is 24.5 Å². The molecule has 2 aromatic rings. The maximum Gasteiger partial charge on any atom is 0.243 e. The predicted molar refractivity (Wildman–Crippen MR) is 113 cm³/mol. The van der Waals surface area contributed by atoms with Crippen molar-refractivity contribution < 1.29 is 17.6 Å². The van der Waals surface area contributed by atoms with Gasteiger partial charge >= 0.3 is 0 Å². The lowest BCUT2D eigenvalue weighted by atomic mass is 9.99. The van der Waals surface area contributed by atoms with E-state index in [-0.39, 0.29) is 23.3 Å². The maximum absolute atomic E-state index is 13.1. The van der Waals surface area contributed by atoms with E-state index in [1.165, 1.54) is 21.3 Å². The lowest BCUT2D eigenvalue weighted by Crippen LogP contribution is -2.45. The van der Waals surface area contributed by atoms with Crippen LogP contribution in [0.5, 0.6) is 0 Å². The van der Waals surface area contributed by atoms with Crippen molar-refractivity contribution in [2.24, 2.45) is 5.92 Å². The first-order chi connectivity index (χ1) is 14.0. The Kier molecular flexibility index (Phi) is 7.69. The quantitative estimate of drug-likeness (QED) is 0.508. The second kappa shape index (κ2) is 10.2. The molecule has 0 radical (unpaired) electrons. The van der Waals surface area contributed by atoms with Gasteiger partial charge in [0.15, 0.2) is 0 Å². The van der Waals surface area contributed by atoms with Gasteiger partial charge in [0.2, 0.25) is 15.9 Å². The van der Waals surface area contributed by atoms with Crippen molar-refractivity contribution >= 4 is 27.7 Å². The van der Waals surface area contributed by atoms with E-state index in [4.69, 9.17) is 0 Å². The van der Waals surface area contributed by atoms with Crippen LogP contribution in [0, 0.1) is 11.7 Å². The Bertz CT molecular complexity index is 905. The first-order valence-corrected chi connectivity index (χ1v) is 12.1. The molecule has 1 heterocycles. The van der Waals surface area contributed by atoms with Crippen LogP contribution < -0.4 is 5.32 Å². The number of hydrogen-bond donors (Lipinski definition) is 1. The minimum absolute atomic E-state index is 0.0536. The average molecular weight is 437 g/mol. The fraction of sp³-hybridized carbons (Fsp3) is 0.381. The van der Waals surface area contributed by atoms with Crippen molar-refractivity contribution in [3.63, 3.8) is 0 Å². The van der Waals surface area contributed by atoms with Crippen LogP contribution in [-0.2, 0) is 14.8 Å². The van der Waals surface area contributed by atoms with E-state index in [0.717, 1.165) is 24.3 Å². The summed E-state index contributed by atoms with van der Waals surface area (Å²) in [4.78, 5) is 13.8. The van der Waals surface area contributed by atoms with E-state index in [1.54, 1.807) is 11.8 Å². The second-order valence-corrected chi connectivity index (χ2v) is 10.1. The standard InChI is InChI=1S/C21H25FN2O3S2/c22-18-9-11-20(12-10-18)29(26,27)24-14-4-6-17(16-24)21(25)23-13-5-15-28-19-7-2-1-3-8-19/h1-3,7-12,17H,4-6,13-16H2,(H,23,25). The van der Waals surface area contributed by atoms with E-state index in [2.05, 4.69) is 17.4 Å². The molecule has 0 saturated carbocycles. The molecule has 3 rings (SSSR count). The fourth-order valence-corrected chi connectivity index (χ4v) is 5.66. The van der Waals surface area contributed by atoms with Crippen molar-refractivity contribution in [1.82, 2.24) is 9.62 Å². The molecule has 0 aliphatic carbocycles. The molecule has 1 atom stereocenters. The lowest BCUT2D eigenvalue weighted by molar-refractivity contribution is -0.126. The van der Waals surface area contributed by atoms with Crippen LogP contribution in [0.15, 0.2) is 64.4 Å². The molecule has 8 heteroatoms. The van der Waals surface area contributed by atoms with Gasteiger partial charge in [-0.2, -0.15) is 4.31 Å². The zero-order chi connectivity index (χ0) is 20.7. The van der Waals surface area contributed by atoms with Gasteiger partial charge in [-0.15, -0.1) is 11.8 Å². The molecule has 1 fully saturated rings. The fourth-order valence-electron chi connectivity index (χ4n) is 3.27. The van der Waals surface area contributed by atoms with Crippen LogP contribution in [0.3, 0.4) is 0 Å². The molecule has 2 aromatic carbocycles. The molecule has 0 spiro atoms. The summed E-state index contributed by atoms with van der Waals surface area (Å²) in [5.41, 5.74) is 0. The molecule has 29 heavy (non-hydrogen) atoms. The van der Waals surface area contributed by atoms with Gasteiger partial charge in [-0.3, -0.25) is 4.79 Å². The molecule has 1 unspecified atom stereocenters. The number of nitrogens with one attached hydrogen (secondary N) is 1. The SMILES string of the molecule is O=C(NCCCSc1ccccc1)C1CCCN(S(=O)(=O)c2ccc(F)cc2)C1. The van der Waals surface area contributed by atoms with E-state index < -0.39 is 15.8 Å². The minimum Gasteiger partial charge on any atom is -0.356 e. The highest BCUT2D eigenvalue weighted by Crippen LogP contribution is 2.24. The van der Waals surface area contributed by atoms with Crippen molar-refractivity contribution in [1.29, 1.82) is 0 Å². The van der Waals surface area contributed by atoms with Gasteiger partial charge in [0.05, 0.1) is 10.8 Å². The first kappa shape index (κ1) is 21.8. The highest BCUT2D eigenvalue weighted by atomic mass is 32.2. The molecular formula is C21H25FN2O3S2. The van der Waals surface area contributed by atoms with Crippen molar-refractivity contribution in [2.45, 2.75) is 29.1 Å². The third-order valence-corrected chi connectivity index (χ3v) is 7.82. The Labute approximate surface area is 175 Å². The van der Waals surface area contributed by atoms with Crippen LogP contribution in [0.2, 0.25) is 0 Å². The normalized spacial score (nSPS) is 17.8. The minimum atomic E-state index is -3.72. The maximum atomic E-state index is 13.1. The van der Waals surface area contributed by atoms with E-state index in [0.29, 0.717) is 25.9 Å². The van der Waals surface area contributed by atoms with E-state index in [9.17, 15) is 17.6 Å². The Morgan fingerprint density at radius 3 is 2.59 bits per heavy atom. The number of hydrogen-bond acceptors (Lipinski definition) is 4. The lowest BCUT2D eigenvalue weighted by Gasteiger charge is -2.31. The van der Waals surface area contributed by atoms with E-state index in [1.807, 2.05) is 18.2 Å². The third-order valence-electron chi connectivity index (χ3n) is 4.84. The van der Waals surface area contributed by atoms with Crippen LogP contribution in [0.1, 0.15) is 19.3 Å². The molecule has 5 nitrogen and oxygen atoms in total. The zero-order valence-electron chi connectivity index (χ0n) is 16.1. The number of carbonyl (C=O) groups is 1. The summed E-state index contributed by atoms with van der Waals surface area (Å²) in [6.45, 7) is 1.10. The molecule has 1 N–H and O–H groups in total. The zero-order valence-corrected chi connectivity index (χ0v) is 17.7. The van der Waals surface area contributed by atoms with Crippen molar-refractivity contribution in [2.75, 3.05) is 25.4 Å². The topological polar surface area (TPSA) is 66.5 Å². The first-order valence-electron chi connectivity index (χ1n) is 9.68. The number of nitrogens with zero attached hydrogens (tertiary/aromatic N) is 1. The summed E-state index contributed by atoms with van der Waals surface area (Å²) >= 11 is 1.74. The smallest absolute Gasteiger partial charge is 0.243 e. The van der Waals surface area contributed by atoms with Crippen LogP contribution in [-0.4, -0.2) is 44.0 Å². The molecule has 1 aliphatic rings. The summed E-state index contributed by atoms with van der Waals surface area (Å²) in [6.07, 6.45) is 2.14. The summed E-state index contributed by atoms with van der Waals surface area (Å²) < 4.78 is 40.0. The predicted octanol–water partition coefficient (Wildman–Crippen LogP) is 3.53. The third kappa shape index (κ3) is 6.04. The van der Waals surface area contributed by atoms with Crippen LogP contribution in [0.25, 0.3) is 0 Å². The van der Waals surface area contributed by atoms with E-state index >= 15 is 0 Å². The monoisotopic (exact) mass is 436 g/mol. The molecule has 156 valence electrons. The summed E-state index contributed by atoms with van der Waals surface area (Å²) in [6, 6.07) is 14.9. The number of sulfonamides is 1. The Balaban J connectivity index is 1.47. The van der Waals surface area contributed by atoms with Gasteiger partial charge < -0.3 is 5.32 Å². The Morgan fingerprint density at radius 1 is 1.14 bits per heavy atom. The van der Waals surface area contributed by atoms with Crippen molar-refractivity contribution in [3.05, 3.63) is 60.4 Å². The van der Waals surface area contributed by atoms with Gasteiger partial charge in [0.1, 0.15) is 5.82 Å². The van der Waals surface area contributed by atoms with Gasteiger partial charge in [-0.05, 0) is 61.4 Å². The summed E-state index contributed by atoms with van der Waals surface area (Å²) in [5, 5.41) is 2.93. The number of benzene rings is 2. The molecular weight excluding hydrogens is 411 g/mol. The highest BCUT2D eigenvalue weighted by Gasteiger charge is 2.33. The summed E-state index contributed by atoms with van der Waals surface area (Å²) in [5.74, 6) is -0.0419. The second-order valence-electron chi connectivity index (χ2n) is 6.96. The Morgan fingerprint density at radius 2 is 1.86 bits per heavy atom.